The zero-order valence-corrected chi connectivity index (χ0v) is 13.2. The average Bonchev–Trinajstić information content (AvgIpc) is 3.21. The van der Waals surface area contributed by atoms with Crippen LogP contribution in [0.3, 0.4) is 0 Å². The highest BCUT2D eigenvalue weighted by Gasteiger charge is 2.40. The Morgan fingerprint density at radius 3 is 2.38 bits per heavy atom. The molecule has 1 atom stereocenters. The second-order valence-electron chi connectivity index (χ2n) is 5.52. The van der Waals surface area contributed by atoms with Gasteiger partial charge in [0.25, 0.3) is 0 Å². The van der Waals surface area contributed by atoms with E-state index in [1.165, 1.54) is 0 Å². The first kappa shape index (κ1) is 16.3. The monoisotopic (exact) mass is 363 g/mol. The van der Waals surface area contributed by atoms with E-state index in [2.05, 4.69) is 15.9 Å². The lowest BCUT2D eigenvalue weighted by Crippen LogP contribution is -2.46. The number of hydrogen-bond donors (Lipinski definition) is 0. The maximum absolute atomic E-state index is 12.7. The van der Waals surface area contributed by atoms with E-state index in [9.17, 15) is 18.0 Å². The molecule has 1 aliphatic carbocycles. The molecule has 0 aliphatic heterocycles. The van der Waals surface area contributed by atoms with Gasteiger partial charge in [-0.3, -0.25) is 4.79 Å². The molecule has 1 saturated carbocycles. The van der Waals surface area contributed by atoms with Crippen molar-refractivity contribution in [2.45, 2.75) is 38.4 Å². The van der Waals surface area contributed by atoms with Gasteiger partial charge in [-0.2, -0.15) is 13.2 Å². The lowest BCUT2D eigenvalue weighted by molar-refractivity contribution is -0.165. The minimum atomic E-state index is -4.36. The van der Waals surface area contributed by atoms with E-state index in [-0.39, 0.29) is 18.4 Å². The van der Waals surface area contributed by atoms with Gasteiger partial charge in [-0.05, 0) is 43.4 Å². The van der Waals surface area contributed by atoms with E-state index in [4.69, 9.17) is 0 Å². The van der Waals surface area contributed by atoms with Crippen molar-refractivity contribution in [1.82, 2.24) is 4.90 Å². The zero-order chi connectivity index (χ0) is 15.6. The highest BCUT2D eigenvalue weighted by Crippen LogP contribution is 2.36. The molecule has 0 unspecified atom stereocenters. The van der Waals surface area contributed by atoms with Crippen LogP contribution in [0.1, 0.15) is 25.3 Å². The van der Waals surface area contributed by atoms with E-state index in [1.807, 2.05) is 0 Å². The van der Waals surface area contributed by atoms with Crippen LogP contribution in [0.15, 0.2) is 28.7 Å². The van der Waals surface area contributed by atoms with Gasteiger partial charge in [0.05, 0.1) is 6.42 Å². The quantitative estimate of drug-likeness (QED) is 0.768. The Kier molecular flexibility index (Phi) is 4.96. The van der Waals surface area contributed by atoms with Gasteiger partial charge in [0.2, 0.25) is 5.91 Å². The number of rotatable bonds is 5. The number of halogens is 4. The Labute approximate surface area is 130 Å². The van der Waals surface area contributed by atoms with Gasteiger partial charge in [-0.15, -0.1) is 0 Å². The van der Waals surface area contributed by atoms with Gasteiger partial charge >= 0.3 is 6.18 Å². The van der Waals surface area contributed by atoms with E-state index in [0.717, 1.165) is 27.8 Å². The summed E-state index contributed by atoms with van der Waals surface area (Å²) in [5, 5.41) is 0. The Morgan fingerprint density at radius 2 is 1.90 bits per heavy atom. The maximum atomic E-state index is 12.7. The molecule has 116 valence electrons. The molecule has 1 aliphatic rings. The van der Waals surface area contributed by atoms with Crippen LogP contribution < -0.4 is 0 Å². The summed E-state index contributed by atoms with van der Waals surface area (Å²) in [7, 11) is 0. The summed E-state index contributed by atoms with van der Waals surface area (Å²) < 4.78 is 39.0. The van der Waals surface area contributed by atoms with Gasteiger partial charge in [0.15, 0.2) is 0 Å². The lowest BCUT2D eigenvalue weighted by atomic mass is 10.1. The third-order valence-corrected chi connectivity index (χ3v) is 4.26. The molecule has 0 N–H and O–H groups in total. The Morgan fingerprint density at radius 1 is 1.33 bits per heavy atom. The smallest absolute Gasteiger partial charge is 0.330 e. The van der Waals surface area contributed by atoms with Crippen LogP contribution in [0.4, 0.5) is 13.2 Å². The predicted molar refractivity (Wildman–Crippen MR) is 77.8 cm³/mol. The fourth-order valence-corrected chi connectivity index (χ4v) is 2.63. The minimum absolute atomic E-state index is 0.000417. The Balaban J connectivity index is 2.07. The van der Waals surface area contributed by atoms with E-state index in [0.29, 0.717) is 0 Å². The number of alkyl halides is 3. The number of hydrogen-bond acceptors (Lipinski definition) is 1. The normalized spacial score (nSPS) is 16.6. The zero-order valence-electron chi connectivity index (χ0n) is 11.7. The molecule has 21 heavy (non-hydrogen) atoms. The molecule has 0 spiro atoms. The van der Waals surface area contributed by atoms with E-state index in [1.54, 1.807) is 31.2 Å². The second-order valence-corrected chi connectivity index (χ2v) is 6.43. The molecule has 0 saturated heterocycles. The fraction of sp³-hybridized carbons (Fsp3) is 0.533. The topological polar surface area (TPSA) is 20.3 Å². The Hall–Kier alpha value is -1.04. The van der Waals surface area contributed by atoms with Gasteiger partial charge in [0.1, 0.15) is 6.54 Å². The van der Waals surface area contributed by atoms with Crippen molar-refractivity contribution in [2.75, 3.05) is 6.54 Å². The molecule has 0 bridgehead atoms. The van der Waals surface area contributed by atoms with Gasteiger partial charge in [0, 0.05) is 10.5 Å². The SMILES string of the molecule is C[C@@H](C1CC1)N(CC(F)(F)F)C(=O)Cc1ccc(Br)cc1. The first-order valence-electron chi connectivity index (χ1n) is 6.87. The fourth-order valence-electron chi connectivity index (χ4n) is 2.36. The van der Waals surface area contributed by atoms with Crippen LogP contribution in [0, 0.1) is 5.92 Å². The van der Waals surface area contributed by atoms with Crippen LogP contribution in [0.2, 0.25) is 0 Å². The molecule has 0 radical (unpaired) electrons. The van der Waals surface area contributed by atoms with Crippen LogP contribution in [0.5, 0.6) is 0 Å². The van der Waals surface area contributed by atoms with Crippen molar-refractivity contribution in [3.63, 3.8) is 0 Å². The number of carbonyl (C=O) groups excluding carboxylic acids is 1. The maximum Gasteiger partial charge on any atom is 0.406 e. The number of nitrogens with zero attached hydrogens (tertiary/aromatic N) is 1. The van der Waals surface area contributed by atoms with Crippen molar-refractivity contribution in [3.8, 4) is 0 Å². The average molecular weight is 364 g/mol. The molecule has 6 heteroatoms. The summed E-state index contributed by atoms with van der Waals surface area (Å²) in [4.78, 5) is 13.2. The molecule has 2 rings (SSSR count). The molecular weight excluding hydrogens is 347 g/mol. The summed E-state index contributed by atoms with van der Waals surface area (Å²) in [6.07, 6.45) is -2.55. The molecule has 2 nitrogen and oxygen atoms in total. The van der Waals surface area contributed by atoms with E-state index >= 15 is 0 Å². The predicted octanol–water partition coefficient (Wildman–Crippen LogP) is 4.18. The molecule has 1 aromatic rings. The largest absolute Gasteiger partial charge is 0.406 e. The van der Waals surface area contributed by atoms with Crippen molar-refractivity contribution in [1.29, 1.82) is 0 Å². The van der Waals surface area contributed by atoms with Gasteiger partial charge < -0.3 is 4.90 Å². The Bertz CT molecular complexity index is 497. The van der Waals surface area contributed by atoms with Crippen LogP contribution in [-0.2, 0) is 11.2 Å². The summed E-state index contributed by atoms with van der Waals surface area (Å²) >= 11 is 3.29. The van der Waals surface area contributed by atoms with E-state index < -0.39 is 18.6 Å². The molecule has 0 heterocycles. The van der Waals surface area contributed by atoms with Crippen molar-refractivity contribution >= 4 is 21.8 Å². The summed E-state index contributed by atoms with van der Waals surface area (Å²) in [6.45, 7) is 0.545. The second kappa shape index (κ2) is 6.38. The lowest BCUT2D eigenvalue weighted by Gasteiger charge is -2.30. The highest BCUT2D eigenvalue weighted by molar-refractivity contribution is 9.10. The first-order valence-corrected chi connectivity index (χ1v) is 7.66. The number of amides is 1. The number of benzene rings is 1. The molecule has 1 amide bonds. The molecular formula is C15H17BrF3NO. The summed E-state index contributed by atoms with van der Waals surface area (Å²) in [6, 6.07) is 6.70. The van der Waals surface area contributed by atoms with Crippen LogP contribution in [-0.4, -0.2) is 29.6 Å². The molecule has 1 aromatic carbocycles. The summed E-state index contributed by atoms with van der Waals surface area (Å²) in [5.74, 6) is -0.254. The van der Waals surface area contributed by atoms with Gasteiger partial charge in [-0.25, -0.2) is 0 Å². The van der Waals surface area contributed by atoms with Gasteiger partial charge in [-0.1, -0.05) is 28.1 Å². The van der Waals surface area contributed by atoms with Crippen molar-refractivity contribution < 1.29 is 18.0 Å². The van der Waals surface area contributed by atoms with Crippen molar-refractivity contribution in [3.05, 3.63) is 34.3 Å². The standard InChI is InChI=1S/C15H17BrF3NO/c1-10(12-4-5-12)20(9-15(17,18)19)14(21)8-11-2-6-13(16)7-3-11/h2-3,6-7,10,12H,4-5,8-9H2,1H3/t10-/m0/s1. The summed E-state index contributed by atoms with van der Waals surface area (Å²) in [5.41, 5.74) is 0.721. The third-order valence-electron chi connectivity index (χ3n) is 3.73. The molecule has 0 aromatic heterocycles. The highest BCUT2D eigenvalue weighted by atomic mass is 79.9. The molecule has 1 fully saturated rings. The third kappa shape index (κ3) is 5.02. The minimum Gasteiger partial charge on any atom is -0.330 e. The first-order chi connectivity index (χ1) is 9.76. The number of carbonyl (C=O) groups is 1. The van der Waals surface area contributed by atoms with Crippen LogP contribution >= 0.6 is 15.9 Å². The van der Waals surface area contributed by atoms with Crippen molar-refractivity contribution in [2.24, 2.45) is 5.92 Å². The van der Waals surface area contributed by atoms with Crippen LogP contribution in [0.25, 0.3) is 0 Å².